The molecule has 0 aliphatic carbocycles. The fraction of sp³-hybridized carbons (Fsp3) is 0.100. The first-order valence-electron chi connectivity index (χ1n) is 4.27. The SMILES string of the molecule is Cc1cc(-c2ccc(C#N)s2)nc(=O)[nH]1. The van der Waals surface area contributed by atoms with Gasteiger partial charge in [0.1, 0.15) is 10.9 Å². The number of H-pyrrole nitrogens is 1. The second kappa shape index (κ2) is 3.67. The van der Waals surface area contributed by atoms with Crippen molar-refractivity contribution in [1.82, 2.24) is 9.97 Å². The zero-order valence-corrected chi connectivity index (χ0v) is 8.76. The molecule has 5 heteroatoms. The first kappa shape index (κ1) is 9.62. The minimum absolute atomic E-state index is 0.364. The maximum absolute atomic E-state index is 11.1. The van der Waals surface area contributed by atoms with E-state index in [2.05, 4.69) is 16.0 Å². The molecule has 74 valence electrons. The lowest BCUT2D eigenvalue weighted by Crippen LogP contribution is -2.11. The van der Waals surface area contributed by atoms with Gasteiger partial charge in [0, 0.05) is 5.69 Å². The molecule has 0 amide bonds. The lowest BCUT2D eigenvalue weighted by molar-refractivity contribution is 1.03. The van der Waals surface area contributed by atoms with E-state index in [4.69, 9.17) is 5.26 Å². The van der Waals surface area contributed by atoms with Gasteiger partial charge in [0.15, 0.2) is 0 Å². The molecule has 0 aliphatic heterocycles. The number of nitrogens with one attached hydrogen (secondary N) is 1. The molecule has 15 heavy (non-hydrogen) atoms. The molecule has 0 saturated heterocycles. The van der Waals surface area contributed by atoms with Crippen molar-refractivity contribution in [3.05, 3.63) is 39.3 Å². The van der Waals surface area contributed by atoms with Crippen LogP contribution in [-0.4, -0.2) is 9.97 Å². The predicted octanol–water partition coefficient (Wildman–Crippen LogP) is 1.68. The van der Waals surface area contributed by atoms with Crippen molar-refractivity contribution < 1.29 is 0 Å². The minimum atomic E-state index is -0.364. The van der Waals surface area contributed by atoms with Crippen molar-refractivity contribution >= 4 is 11.3 Å². The Balaban J connectivity index is 2.54. The number of nitriles is 1. The standard InChI is InChI=1S/C10H7N3OS/c1-6-4-8(13-10(14)12-6)9-3-2-7(5-11)15-9/h2-4H,1H3,(H,12,13,14). The lowest BCUT2D eigenvalue weighted by atomic mass is 10.3. The Hall–Kier alpha value is -1.93. The Labute approximate surface area is 89.9 Å². The van der Waals surface area contributed by atoms with Gasteiger partial charge in [0.2, 0.25) is 0 Å². The summed E-state index contributed by atoms with van der Waals surface area (Å²) in [6, 6.07) is 7.35. The molecule has 2 aromatic rings. The highest BCUT2D eigenvalue weighted by Crippen LogP contribution is 2.25. The van der Waals surface area contributed by atoms with E-state index in [9.17, 15) is 4.79 Å². The van der Waals surface area contributed by atoms with Crippen LogP contribution in [0.3, 0.4) is 0 Å². The van der Waals surface area contributed by atoms with Gasteiger partial charge in [-0.05, 0) is 25.1 Å². The number of hydrogen-bond acceptors (Lipinski definition) is 4. The molecular formula is C10H7N3OS. The third-order valence-corrected chi connectivity index (χ3v) is 2.86. The zero-order valence-electron chi connectivity index (χ0n) is 7.94. The van der Waals surface area contributed by atoms with Crippen LogP contribution in [0.15, 0.2) is 23.0 Å². The molecule has 0 aromatic carbocycles. The van der Waals surface area contributed by atoms with Gasteiger partial charge in [-0.15, -0.1) is 11.3 Å². The van der Waals surface area contributed by atoms with Crippen LogP contribution in [0.2, 0.25) is 0 Å². The van der Waals surface area contributed by atoms with Gasteiger partial charge in [0.05, 0.1) is 10.6 Å². The van der Waals surface area contributed by atoms with Crippen LogP contribution in [0, 0.1) is 18.3 Å². The van der Waals surface area contributed by atoms with Crippen LogP contribution in [-0.2, 0) is 0 Å². The first-order valence-corrected chi connectivity index (χ1v) is 5.09. The van der Waals surface area contributed by atoms with E-state index >= 15 is 0 Å². The number of nitrogens with zero attached hydrogens (tertiary/aromatic N) is 2. The highest BCUT2D eigenvalue weighted by Gasteiger charge is 2.05. The second-order valence-electron chi connectivity index (χ2n) is 3.03. The monoisotopic (exact) mass is 217 g/mol. The molecule has 0 saturated carbocycles. The van der Waals surface area contributed by atoms with Crippen molar-refractivity contribution in [3.8, 4) is 16.6 Å². The molecule has 0 atom stereocenters. The third-order valence-electron chi connectivity index (χ3n) is 1.85. The van der Waals surface area contributed by atoms with E-state index in [0.717, 1.165) is 10.6 Å². The Morgan fingerprint density at radius 1 is 1.53 bits per heavy atom. The fourth-order valence-corrected chi connectivity index (χ4v) is 2.01. The average molecular weight is 217 g/mol. The smallest absolute Gasteiger partial charge is 0.310 e. The van der Waals surface area contributed by atoms with Crippen molar-refractivity contribution in [2.24, 2.45) is 0 Å². The molecule has 0 bridgehead atoms. The largest absolute Gasteiger partial charge is 0.345 e. The van der Waals surface area contributed by atoms with E-state index in [1.807, 2.05) is 0 Å². The van der Waals surface area contributed by atoms with Gasteiger partial charge in [-0.3, -0.25) is 0 Å². The molecule has 2 rings (SSSR count). The summed E-state index contributed by atoms with van der Waals surface area (Å²) in [5.74, 6) is 0. The van der Waals surface area contributed by atoms with E-state index in [1.165, 1.54) is 11.3 Å². The normalized spacial score (nSPS) is 9.87. The van der Waals surface area contributed by atoms with Gasteiger partial charge in [-0.25, -0.2) is 4.79 Å². The molecule has 4 nitrogen and oxygen atoms in total. The minimum Gasteiger partial charge on any atom is -0.310 e. The van der Waals surface area contributed by atoms with Gasteiger partial charge >= 0.3 is 5.69 Å². The number of aryl methyl sites for hydroxylation is 1. The van der Waals surface area contributed by atoms with Gasteiger partial charge < -0.3 is 4.98 Å². The van der Waals surface area contributed by atoms with Crippen LogP contribution in [0.4, 0.5) is 0 Å². The molecular weight excluding hydrogens is 210 g/mol. The summed E-state index contributed by atoms with van der Waals surface area (Å²) >= 11 is 1.33. The molecule has 0 aliphatic rings. The van der Waals surface area contributed by atoms with Crippen molar-refractivity contribution in [3.63, 3.8) is 0 Å². The molecule has 1 N–H and O–H groups in total. The molecule has 0 spiro atoms. The molecule has 0 unspecified atom stereocenters. The van der Waals surface area contributed by atoms with Crippen LogP contribution < -0.4 is 5.69 Å². The Morgan fingerprint density at radius 2 is 2.33 bits per heavy atom. The lowest BCUT2D eigenvalue weighted by Gasteiger charge is -1.96. The number of aromatic nitrogens is 2. The number of hydrogen-bond donors (Lipinski definition) is 1. The van der Waals surface area contributed by atoms with Crippen molar-refractivity contribution in [1.29, 1.82) is 5.26 Å². The summed E-state index contributed by atoms with van der Waals surface area (Å²) in [6.45, 7) is 1.80. The summed E-state index contributed by atoms with van der Waals surface area (Å²) in [6.07, 6.45) is 0. The molecule has 2 heterocycles. The molecule has 2 aromatic heterocycles. The van der Waals surface area contributed by atoms with Gasteiger partial charge in [-0.2, -0.15) is 10.2 Å². The average Bonchev–Trinajstić information content (AvgIpc) is 2.64. The predicted molar refractivity (Wildman–Crippen MR) is 57.6 cm³/mol. The van der Waals surface area contributed by atoms with Crippen molar-refractivity contribution in [2.45, 2.75) is 6.92 Å². The van der Waals surface area contributed by atoms with Crippen LogP contribution in [0.5, 0.6) is 0 Å². The summed E-state index contributed by atoms with van der Waals surface area (Å²) in [4.78, 5) is 19.0. The van der Waals surface area contributed by atoms with Crippen LogP contribution in [0.1, 0.15) is 10.6 Å². The molecule has 0 radical (unpaired) electrons. The van der Waals surface area contributed by atoms with Crippen LogP contribution in [0.25, 0.3) is 10.6 Å². The number of rotatable bonds is 1. The van der Waals surface area contributed by atoms with Gasteiger partial charge in [-0.1, -0.05) is 0 Å². The quantitative estimate of drug-likeness (QED) is 0.790. The highest BCUT2D eigenvalue weighted by atomic mass is 32.1. The number of aromatic amines is 1. The van der Waals surface area contributed by atoms with E-state index in [-0.39, 0.29) is 5.69 Å². The first-order chi connectivity index (χ1) is 7.19. The van der Waals surface area contributed by atoms with E-state index < -0.39 is 0 Å². The summed E-state index contributed by atoms with van der Waals surface area (Å²) in [5, 5.41) is 8.68. The molecule has 0 fully saturated rings. The van der Waals surface area contributed by atoms with E-state index in [0.29, 0.717) is 10.6 Å². The van der Waals surface area contributed by atoms with Gasteiger partial charge in [0.25, 0.3) is 0 Å². The Kier molecular flexibility index (Phi) is 2.35. The third kappa shape index (κ3) is 1.95. The highest BCUT2D eigenvalue weighted by molar-refractivity contribution is 7.15. The summed E-state index contributed by atoms with van der Waals surface area (Å²) in [5.41, 5.74) is 1.01. The summed E-state index contributed by atoms with van der Waals surface area (Å²) < 4.78 is 0. The zero-order chi connectivity index (χ0) is 10.8. The fourth-order valence-electron chi connectivity index (χ4n) is 1.24. The topological polar surface area (TPSA) is 69.5 Å². The number of thiophene rings is 1. The van der Waals surface area contributed by atoms with Crippen LogP contribution >= 0.6 is 11.3 Å². The maximum Gasteiger partial charge on any atom is 0.345 e. The van der Waals surface area contributed by atoms with Crippen molar-refractivity contribution in [2.75, 3.05) is 0 Å². The summed E-state index contributed by atoms with van der Waals surface area (Å²) in [7, 11) is 0. The maximum atomic E-state index is 11.1. The second-order valence-corrected chi connectivity index (χ2v) is 4.11. The Bertz CT molecular complexity index is 591. The Morgan fingerprint density at radius 3 is 2.93 bits per heavy atom. The van der Waals surface area contributed by atoms with E-state index in [1.54, 1.807) is 25.1 Å².